The molecule has 0 heterocycles. The van der Waals surface area contributed by atoms with Crippen molar-refractivity contribution < 1.29 is 4.79 Å². The minimum atomic E-state index is -0.580. The molecule has 0 unspecified atom stereocenters. The van der Waals surface area contributed by atoms with E-state index in [1.807, 2.05) is 74.5 Å². The third kappa shape index (κ3) is 3.13. The number of benzene rings is 2. The summed E-state index contributed by atoms with van der Waals surface area (Å²) in [6.07, 6.45) is 0. The van der Waals surface area contributed by atoms with E-state index in [9.17, 15) is 4.79 Å². The lowest BCUT2D eigenvalue weighted by molar-refractivity contribution is -0.125. The van der Waals surface area contributed by atoms with Crippen LogP contribution in [0.5, 0.6) is 0 Å². The quantitative estimate of drug-likeness (QED) is 0.823. The van der Waals surface area contributed by atoms with Crippen LogP contribution in [0, 0.1) is 0 Å². The highest BCUT2D eigenvalue weighted by Gasteiger charge is 2.29. The Morgan fingerprint density at radius 3 is 2.00 bits per heavy atom. The summed E-state index contributed by atoms with van der Waals surface area (Å²) in [6.45, 7) is 3.81. The Morgan fingerprint density at radius 2 is 1.42 bits per heavy atom. The average Bonchev–Trinajstić information content (AvgIpc) is 2.46. The fraction of sp³-hybridized carbons (Fsp3) is 0.188. The predicted octanol–water partition coefficient (Wildman–Crippen LogP) is 3.11. The second kappa shape index (κ2) is 5.57. The summed E-state index contributed by atoms with van der Waals surface area (Å²) in [5.41, 5.74) is 6.94. The maximum atomic E-state index is 12.3. The Labute approximate surface area is 113 Å². The Morgan fingerprint density at radius 1 is 0.895 bits per heavy atom. The van der Waals surface area contributed by atoms with Crippen molar-refractivity contribution in [1.29, 1.82) is 0 Å². The van der Waals surface area contributed by atoms with E-state index in [0.717, 1.165) is 11.3 Å². The lowest BCUT2D eigenvalue weighted by atomic mass is 9.84. The van der Waals surface area contributed by atoms with Crippen molar-refractivity contribution >= 4 is 11.6 Å². The molecule has 2 N–H and O–H groups in total. The van der Waals surface area contributed by atoms with Gasteiger partial charge in [0.05, 0.1) is 11.1 Å². The lowest BCUT2D eigenvalue weighted by Crippen LogP contribution is -2.42. The Balaban J connectivity index is 2.03. The molecule has 3 heteroatoms. The molecule has 0 aromatic heterocycles. The van der Waals surface area contributed by atoms with E-state index in [1.165, 1.54) is 0 Å². The number of hydrazine groups is 1. The second-order valence-electron chi connectivity index (χ2n) is 4.94. The summed E-state index contributed by atoms with van der Waals surface area (Å²) in [7, 11) is 0. The van der Waals surface area contributed by atoms with Crippen molar-refractivity contribution in [2.45, 2.75) is 19.3 Å². The fourth-order valence-corrected chi connectivity index (χ4v) is 1.79. The molecule has 3 nitrogen and oxygen atoms in total. The van der Waals surface area contributed by atoms with Gasteiger partial charge in [0.15, 0.2) is 0 Å². The zero-order valence-corrected chi connectivity index (χ0v) is 11.2. The summed E-state index contributed by atoms with van der Waals surface area (Å²) in [6, 6.07) is 19.3. The van der Waals surface area contributed by atoms with Gasteiger partial charge in [-0.05, 0) is 31.5 Å². The lowest BCUT2D eigenvalue weighted by Gasteiger charge is -2.24. The molecule has 0 spiro atoms. The van der Waals surface area contributed by atoms with Gasteiger partial charge in [-0.15, -0.1) is 0 Å². The van der Waals surface area contributed by atoms with Gasteiger partial charge in [0, 0.05) is 0 Å². The third-order valence-electron chi connectivity index (χ3n) is 3.16. The molecular formula is C16H18N2O. The Kier molecular flexibility index (Phi) is 3.85. The maximum Gasteiger partial charge on any atom is 0.248 e. The number of hydrogen-bond acceptors (Lipinski definition) is 2. The number of para-hydroxylation sites is 1. The Hall–Kier alpha value is -2.29. The highest BCUT2D eigenvalue weighted by atomic mass is 16.2. The van der Waals surface area contributed by atoms with Crippen molar-refractivity contribution in [1.82, 2.24) is 5.43 Å². The normalized spacial score (nSPS) is 10.8. The molecule has 0 aliphatic heterocycles. The molecule has 0 atom stereocenters. The first-order valence-corrected chi connectivity index (χ1v) is 6.28. The molecule has 98 valence electrons. The van der Waals surface area contributed by atoms with Gasteiger partial charge in [-0.25, -0.2) is 0 Å². The minimum Gasteiger partial charge on any atom is -0.299 e. The SMILES string of the molecule is CC(C)(C(=O)NNc1ccccc1)c1ccccc1. The van der Waals surface area contributed by atoms with Crippen LogP contribution in [0.4, 0.5) is 5.69 Å². The van der Waals surface area contributed by atoms with Crippen LogP contribution in [0.1, 0.15) is 19.4 Å². The van der Waals surface area contributed by atoms with E-state index in [2.05, 4.69) is 10.9 Å². The van der Waals surface area contributed by atoms with E-state index in [0.29, 0.717) is 0 Å². The van der Waals surface area contributed by atoms with Crippen molar-refractivity contribution in [3.8, 4) is 0 Å². The number of nitrogens with one attached hydrogen (secondary N) is 2. The van der Waals surface area contributed by atoms with E-state index in [4.69, 9.17) is 0 Å². The molecule has 2 aromatic rings. The van der Waals surface area contributed by atoms with Gasteiger partial charge in [-0.3, -0.25) is 15.6 Å². The molecule has 1 amide bonds. The van der Waals surface area contributed by atoms with Gasteiger partial charge in [0.1, 0.15) is 0 Å². The van der Waals surface area contributed by atoms with Crippen LogP contribution in [-0.2, 0) is 10.2 Å². The molecule has 2 aromatic carbocycles. The highest BCUT2D eigenvalue weighted by molar-refractivity contribution is 5.88. The van der Waals surface area contributed by atoms with E-state index in [1.54, 1.807) is 0 Å². The first kappa shape index (κ1) is 13.1. The maximum absolute atomic E-state index is 12.3. The molecule has 0 fully saturated rings. The van der Waals surface area contributed by atoms with Gasteiger partial charge >= 0.3 is 0 Å². The number of rotatable bonds is 4. The van der Waals surface area contributed by atoms with Crippen molar-refractivity contribution in [2.24, 2.45) is 0 Å². The molecule has 0 aliphatic carbocycles. The van der Waals surface area contributed by atoms with Crippen LogP contribution >= 0.6 is 0 Å². The van der Waals surface area contributed by atoms with Crippen molar-refractivity contribution in [3.63, 3.8) is 0 Å². The first-order valence-electron chi connectivity index (χ1n) is 6.28. The van der Waals surface area contributed by atoms with Crippen molar-refractivity contribution in [2.75, 3.05) is 5.43 Å². The van der Waals surface area contributed by atoms with Crippen molar-refractivity contribution in [3.05, 3.63) is 66.2 Å². The summed E-state index contributed by atoms with van der Waals surface area (Å²) in [5.74, 6) is -0.0671. The van der Waals surface area contributed by atoms with E-state index in [-0.39, 0.29) is 5.91 Å². The van der Waals surface area contributed by atoms with Gasteiger partial charge < -0.3 is 0 Å². The smallest absolute Gasteiger partial charge is 0.248 e. The molecule has 0 aliphatic rings. The largest absolute Gasteiger partial charge is 0.299 e. The number of hydrogen-bond donors (Lipinski definition) is 2. The predicted molar refractivity (Wildman–Crippen MR) is 77.7 cm³/mol. The molecule has 2 rings (SSSR count). The molecule has 19 heavy (non-hydrogen) atoms. The van der Waals surface area contributed by atoms with E-state index < -0.39 is 5.41 Å². The van der Waals surface area contributed by atoms with E-state index >= 15 is 0 Å². The molecular weight excluding hydrogens is 236 g/mol. The van der Waals surface area contributed by atoms with Gasteiger partial charge in [-0.2, -0.15) is 0 Å². The summed E-state index contributed by atoms with van der Waals surface area (Å²) in [4.78, 5) is 12.3. The monoisotopic (exact) mass is 254 g/mol. The standard InChI is InChI=1S/C16H18N2O/c1-16(2,13-9-5-3-6-10-13)15(19)18-17-14-11-7-4-8-12-14/h3-12,17H,1-2H3,(H,18,19). The minimum absolute atomic E-state index is 0.0671. The number of anilines is 1. The topological polar surface area (TPSA) is 41.1 Å². The van der Waals surface area contributed by atoms with Gasteiger partial charge in [0.2, 0.25) is 5.91 Å². The van der Waals surface area contributed by atoms with Crippen LogP contribution in [0.2, 0.25) is 0 Å². The van der Waals surface area contributed by atoms with Gasteiger partial charge in [-0.1, -0.05) is 48.5 Å². The van der Waals surface area contributed by atoms with Gasteiger partial charge in [0.25, 0.3) is 0 Å². The summed E-state index contributed by atoms with van der Waals surface area (Å²) in [5, 5.41) is 0. The van der Waals surface area contributed by atoms with Crippen LogP contribution in [0.15, 0.2) is 60.7 Å². The zero-order valence-electron chi connectivity index (χ0n) is 11.2. The van der Waals surface area contributed by atoms with Crippen LogP contribution in [0.25, 0.3) is 0 Å². The summed E-state index contributed by atoms with van der Waals surface area (Å²) >= 11 is 0. The molecule has 0 saturated heterocycles. The zero-order chi connectivity index (χ0) is 13.7. The van der Waals surface area contributed by atoms with Crippen LogP contribution in [-0.4, -0.2) is 5.91 Å². The number of carbonyl (C=O) groups is 1. The van der Waals surface area contributed by atoms with Crippen LogP contribution in [0.3, 0.4) is 0 Å². The summed E-state index contributed by atoms with van der Waals surface area (Å²) < 4.78 is 0. The molecule has 0 bridgehead atoms. The number of amides is 1. The molecule has 0 saturated carbocycles. The van der Waals surface area contributed by atoms with Crippen LogP contribution < -0.4 is 10.9 Å². The first-order chi connectivity index (χ1) is 9.10. The number of carbonyl (C=O) groups excluding carboxylic acids is 1. The fourth-order valence-electron chi connectivity index (χ4n) is 1.79. The third-order valence-corrected chi connectivity index (χ3v) is 3.16. The molecule has 0 radical (unpaired) electrons. The second-order valence-corrected chi connectivity index (χ2v) is 4.94. The average molecular weight is 254 g/mol. The Bertz CT molecular complexity index is 535. The highest BCUT2D eigenvalue weighted by Crippen LogP contribution is 2.22.